The number of rotatable bonds is 3. The molecular weight excluding hydrogens is 440 g/mol. The Hall–Kier alpha value is -3.61. The van der Waals surface area contributed by atoms with Gasteiger partial charge in [-0.2, -0.15) is 0 Å². The van der Waals surface area contributed by atoms with E-state index in [4.69, 9.17) is 0 Å². The Kier molecular flexibility index (Phi) is 5.16. The summed E-state index contributed by atoms with van der Waals surface area (Å²) in [6.45, 7) is 2.26. The minimum Gasteiger partial charge on any atom is -0.356 e. The molecule has 6 rings (SSSR count). The van der Waals surface area contributed by atoms with Crippen molar-refractivity contribution in [2.75, 3.05) is 11.4 Å². The standard InChI is InChI=1S/C28H30N4O3/c1-28-24-20(19-12-6-8-14-22(19)30-24)16-17-31(28)27(35)32(26(28)34)23-15-9-7-13-21(23)25(33)29-18-10-4-2-3-5-11-18/h6-9,12-15,18,30H,2-5,10-11,16-17H2,1H3,(H,29,33). The van der Waals surface area contributed by atoms with Gasteiger partial charge in [-0.25, -0.2) is 9.69 Å². The Labute approximate surface area is 204 Å². The first-order valence-corrected chi connectivity index (χ1v) is 12.7. The maximum atomic E-state index is 14.0. The summed E-state index contributed by atoms with van der Waals surface area (Å²) in [6, 6.07) is 14.7. The summed E-state index contributed by atoms with van der Waals surface area (Å²) in [5.41, 5.74) is 2.38. The number of hydrogen-bond acceptors (Lipinski definition) is 3. The van der Waals surface area contributed by atoms with E-state index in [9.17, 15) is 14.4 Å². The highest BCUT2D eigenvalue weighted by molar-refractivity contribution is 6.25. The Morgan fingerprint density at radius 2 is 1.71 bits per heavy atom. The van der Waals surface area contributed by atoms with Gasteiger partial charge >= 0.3 is 6.03 Å². The summed E-state index contributed by atoms with van der Waals surface area (Å²) in [6.07, 6.45) is 7.21. The summed E-state index contributed by atoms with van der Waals surface area (Å²) in [5, 5.41) is 4.25. The van der Waals surface area contributed by atoms with Crippen LogP contribution in [0.1, 0.15) is 67.1 Å². The van der Waals surface area contributed by atoms with Crippen LogP contribution < -0.4 is 10.2 Å². The number of nitrogens with one attached hydrogen (secondary N) is 2. The van der Waals surface area contributed by atoms with Gasteiger partial charge in [-0.3, -0.25) is 9.59 Å². The molecule has 1 saturated carbocycles. The number of anilines is 1. The van der Waals surface area contributed by atoms with E-state index in [1.165, 1.54) is 17.7 Å². The second-order valence-electron chi connectivity index (χ2n) is 10.1. The lowest BCUT2D eigenvalue weighted by Gasteiger charge is -2.35. The van der Waals surface area contributed by atoms with Crippen molar-refractivity contribution in [1.29, 1.82) is 0 Å². The smallest absolute Gasteiger partial charge is 0.332 e. The Bertz CT molecular complexity index is 1340. The van der Waals surface area contributed by atoms with Crippen LogP contribution in [0.5, 0.6) is 0 Å². The number of nitrogens with zero attached hydrogens (tertiary/aromatic N) is 2. The Morgan fingerprint density at radius 3 is 2.51 bits per heavy atom. The minimum absolute atomic E-state index is 0.126. The first kappa shape index (κ1) is 21.9. The van der Waals surface area contributed by atoms with Crippen LogP contribution in [0, 0.1) is 0 Å². The zero-order valence-corrected chi connectivity index (χ0v) is 20.0. The van der Waals surface area contributed by atoms with E-state index in [-0.39, 0.29) is 23.9 Å². The van der Waals surface area contributed by atoms with Gasteiger partial charge in [0, 0.05) is 23.5 Å². The SMILES string of the molecule is CC12C(=O)N(c3ccccc3C(=O)NC3CCCCCC3)C(=O)N1CCc1c2[nH]c2ccccc12. The molecule has 7 nitrogen and oxygen atoms in total. The molecule has 2 fully saturated rings. The molecule has 0 bridgehead atoms. The number of carbonyl (C=O) groups is 3. The highest BCUT2D eigenvalue weighted by Crippen LogP contribution is 2.45. The molecule has 180 valence electrons. The highest BCUT2D eigenvalue weighted by Gasteiger charge is 2.59. The number of para-hydroxylation sites is 2. The average molecular weight is 471 g/mol. The third-order valence-electron chi connectivity index (χ3n) is 8.05. The van der Waals surface area contributed by atoms with Crippen LogP contribution in [0.2, 0.25) is 0 Å². The summed E-state index contributed by atoms with van der Waals surface area (Å²) in [5.74, 6) is -0.556. The molecule has 7 heteroatoms. The van der Waals surface area contributed by atoms with Gasteiger partial charge in [0.2, 0.25) is 0 Å². The van der Waals surface area contributed by atoms with E-state index in [0.717, 1.165) is 47.8 Å². The van der Waals surface area contributed by atoms with Gasteiger partial charge in [0.25, 0.3) is 11.8 Å². The molecule has 2 aromatic carbocycles. The molecule has 3 aliphatic rings. The molecule has 4 amide bonds. The van der Waals surface area contributed by atoms with Crippen LogP contribution in [-0.4, -0.2) is 40.3 Å². The quantitative estimate of drug-likeness (QED) is 0.423. The molecule has 1 atom stereocenters. The number of H-pyrrole nitrogens is 1. The monoisotopic (exact) mass is 470 g/mol. The third-order valence-corrected chi connectivity index (χ3v) is 8.05. The summed E-state index contributed by atoms with van der Waals surface area (Å²) < 4.78 is 0. The summed E-state index contributed by atoms with van der Waals surface area (Å²) in [4.78, 5) is 47.3. The number of aromatic nitrogens is 1. The summed E-state index contributed by atoms with van der Waals surface area (Å²) >= 11 is 0. The molecular formula is C28H30N4O3. The van der Waals surface area contributed by atoms with Crippen molar-refractivity contribution in [2.45, 2.75) is 63.5 Å². The van der Waals surface area contributed by atoms with Crippen molar-refractivity contribution in [2.24, 2.45) is 0 Å². The molecule has 0 spiro atoms. The van der Waals surface area contributed by atoms with Gasteiger partial charge in [0.15, 0.2) is 5.54 Å². The van der Waals surface area contributed by atoms with E-state index >= 15 is 0 Å². The zero-order valence-electron chi connectivity index (χ0n) is 20.0. The van der Waals surface area contributed by atoms with Crippen LogP contribution in [-0.2, 0) is 16.8 Å². The molecule has 0 radical (unpaired) electrons. The average Bonchev–Trinajstić information content (AvgIpc) is 3.19. The number of amides is 4. The first-order chi connectivity index (χ1) is 17.0. The van der Waals surface area contributed by atoms with Gasteiger partial charge in [-0.15, -0.1) is 0 Å². The molecule has 3 heterocycles. The van der Waals surface area contributed by atoms with Crippen molar-refractivity contribution in [3.05, 3.63) is 65.4 Å². The second-order valence-corrected chi connectivity index (χ2v) is 10.1. The number of urea groups is 1. The van der Waals surface area contributed by atoms with Crippen LogP contribution >= 0.6 is 0 Å². The highest BCUT2D eigenvalue weighted by atomic mass is 16.2. The molecule has 1 aliphatic carbocycles. The van der Waals surface area contributed by atoms with E-state index in [2.05, 4.69) is 16.4 Å². The lowest BCUT2D eigenvalue weighted by molar-refractivity contribution is -0.125. The van der Waals surface area contributed by atoms with Gasteiger partial charge in [0.05, 0.1) is 16.9 Å². The fourth-order valence-electron chi connectivity index (χ4n) is 6.15. The van der Waals surface area contributed by atoms with Crippen LogP contribution in [0.4, 0.5) is 10.5 Å². The fourth-order valence-corrected chi connectivity index (χ4v) is 6.15. The van der Waals surface area contributed by atoms with Gasteiger partial charge < -0.3 is 15.2 Å². The van der Waals surface area contributed by atoms with Crippen LogP contribution in [0.15, 0.2) is 48.5 Å². The van der Waals surface area contributed by atoms with Crippen LogP contribution in [0.25, 0.3) is 10.9 Å². The molecule has 35 heavy (non-hydrogen) atoms. The largest absolute Gasteiger partial charge is 0.356 e. The number of carbonyl (C=O) groups excluding carboxylic acids is 3. The van der Waals surface area contributed by atoms with Crippen molar-refractivity contribution in [3.8, 4) is 0 Å². The maximum absolute atomic E-state index is 14.0. The first-order valence-electron chi connectivity index (χ1n) is 12.7. The summed E-state index contributed by atoms with van der Waals surface area (Å²) in [7, 11) is 0. The predicted molar refractivity (Wildman–Crippen MR) is 134 cm³/mol. The normalized spacial score (nSPS) is 22.8. The fraction of sp³-hybridized carbons (Fsp3) is 0.393. The molecule has 2 N–H and O–H groups in total. The van der Waals surface area contributed by atoms with Gasteiger partial charge in [-0.05, 0) is 49.9 Å². The Balaban J connectivity index is 1.37. The molecule has 3 aromatic rings. The lowest BCUT2D eigenvalue weighted by Crippen LogP contribution is -2.49. The number of benzene rings is 2. The maximum Gasteiger partial charge on any atom is 0.332 e. The molecule has 2 aliphatic heterocycles. The number of hydrogen-bond donors (Lipinski definition) is 2. The predicted octanol–water partition coefficient (Wildman–Crippen LogP) is 4.86. The van der Waals surface area contributed by atoms with Crippen molar-refractivity contribution < 1.29 is 14.4 Å². The van der Waals surface area contributed by atoms with Gasteiger partial charge in [-0.1, -0.05) is 56.0 Å². The van der Waals surface area contributed by atoms with E-state index in [1.807, 2.05) is 25.1 Å². The van der Waals surface area contributed by atoms with E-state index in [0.29, 0.717) is 24.2 Å². The van der Waals surface area contributed by atoms with Gasteiger partial charge in [0.1, 0.15) is 0 Å². The lowest BCUT2D eigenvalue weighted by atomic mass is 9.87. The molecule has 1 unspecified atom stereocenters. The number of aromatic amines is 1. The minimum atomic E-state index is -1.14. The molecule has 1 aromatic heterocycles. The van der Waals surface area contributed by atoms with Crippen molar-refractivity contribution in [1.82, 2.24) is 15.2 Å². The topological polar surface area (TPSA) is 85.5 Å². The number of fused-ring (bicyclic) bond motifs is 5. The second kappa shape index (κ2) is 8.26. The zero-order chi connectivity index (χ0) is 24.2. The van der Waals surface area contributed by atoms with Crippen molar-refractivity contribution >= 4 is 34.4 Å². The Morgan fingerprint density at radius 1 is 1.00 bits per heavy atom. The van der Waals surface area contributed by atoms with Crippen molar-refractivity contribution in [3.63, 3.8) is 0 Å². The molecule has 1 saturated heterocycles. The van der Waals surface area contributed by atoms with Crippen LogP contribution in [0.3, 0.4) is 0 Å². The van der Waals surface area contributed by atoms with E-state index < -0.39 is 5.54 Å². The van der Waals surface area contributed by atoms with E-state index in [1.54, 1.807) is 29.2 Å². The third kappa shape index (κ3) is 3.28. The number of imide groups is 1.